The van der Waals surface area contributed by atoms with E-state index in [1.54, 1.807) is 0 Å². The Hall–Kier alpha value is -1.84. The zero-order chi connectivity index (χ0) is 18.2. The first kappa shape index (κ1) is 23.2. The van der Waals surface area contributed by atoms with Crippen LogP contribution >= 0.6 is 12.4 Å². The molecule has 0 fully saturated rings. The second-order valence-corrected chi connectivity index (χ2v) is 7.07. The number of benzene rings is 1. The number of anilines is 2. The molecule has 0 spiro atoms. The van der Waals surface area contributed by atoms with E-state index in [0.29, 0.717) is 18.8 Å². The highest BCUT2D eigenvalue weighted by atomic mass is 35.5. The summed E-state index contributed by atoms with van der Waals surface area (Å²) in [4.78, 5) is 23.5. The Labute approximate surface area is 154 Å². The van der Waals surface area contributed by atoms with Crippen LogP contribution in [0, 0.1) is 0 Å². The van der Waals surface area contributed by atoms with Crippen LogP contribution in [0.2, 0.25) is 0 Å². The number of carbonyl (C=O) groups is 2. The summed E-state index contributed by atoms with van der Waals surface area (Å²) in [5.41, 5.74) is 0.712. The lowest BCUT2D eigenvalue weighted by Crippen LogP contribution is -2.32. The van der Waals surface area contributed by atoms with Crippen LogP contribution in [-0.4, -0.2) is 46.1 Å². The van der Waals surface area contributed by atoms with Gasteiger partial charge in [0.2, 0.25) is 15.9 Å². The van der Waals surface area contributed by atoms with Gasteiger partial charge in [0.05, 0.1) is 17.5 Å². The summed E-state index contributed by atoms with van der Waals surface area (Å²) in [6.07, 6.45) is 2.00. The Morgan fingerprint density at radius 2 is 1.80 bits per heavy atom. The highest BCUT2D eigenvalue weighted by Crippen LogP contribution is 2.21. The molecule has 0 saturated heterocycles. The fourth-order valence-corrected chi connectivity index (χ4v) is 2.54. The molecule has 0 aliphatic heterocycles. The first-order chi connectivity index (χ1) is 11.2. The van der Waals surface area contributed by atoms with E-state index in [4.69, 9.17) is 0 Å². The summed E-state index contributed by atoms with van der Waals surface area (Å²) >= 11 is 0. The lowest BCUT2D eigenvalue weighted by atomic mass is 10.1. The average molecular weight is 393 g/mol. The molecule has 10 heteroatoms. The molecule has 2 amide bonds. The number of halogens is 1. The maximum Gasteiger partial charge on any atom is 0.253 e. The van der Waals surface area contributed by atoms with Crippen molar-refractivity contribution >= 4 is 45.6 Å². The van der Waals surface area contributed by atoms with Crippen LogP contribution in [-0.2, 0) is 14.8 Å². The highest BCUT2D eigenvalue weighted by Gasteiger charge is 2.15. The molecule has 0 heterocycles. The van der Waals surface area contributed by atoms with E-state index in [9.17, 15) is 18.0 Å². The minimum absolute atomic E-state index is 0. The lowest BCUT2D eigenvalue weighted by Gasteiger charge is -2.13. The van der Waals surface area contributed by atoms with Gasteiger partial charge < -0.3 is 16.0 Å². The monoisotopic (exact) mass is 392 g/mol. The Balaban J connectivity index is 0.00000576. The third-order valence-corrected chi connectivity index (χ3v) is 3.48. The van der Waals surface area contributed by atoms with Gasteiger partial charge >= 0.3 is 0 Å². The van der Waals surface area contributed by atoms with Gasteiger partial charge in [0, 0.05) is 25.7 Å². The third-order valence-electron chi connectivity index (χ3n) is 2.89. The Bertz CT molecular complexity index is 695. The fraction of sp³-hybridized carbons (Fsp3) is 0.467. The number of hydrogen-bond donors (Lipinski definition) is 4. The number of carbonyl (C=O) groups excluding carboxylic acids is 2. The van der Waals surface area contributed by atoms with E-state index in [1.807, 2.05) is 6.92 Å². The van der Waals surface area contributed by atoms with Gasteiger partial charge in [-0.1, -0.05) is 6.92 Å². The summed E-state index contributed by atoms with van der Waals surface area (Å²) < 4.78 is 25.2. The highest BCUT2D eigenvalue weighted by molar-refractivity contribution is 7.92. The van der Waals surface area contributed by atoms with Gasteiger partial charge in [0.15, 0.2) is 0 Å². The maximum absolute atomic E-state index is 12.3. The summed E-state index contributed by atoms with van der Waals surface area (Å²) in [5, 5.41) is 8.43. The van der Waals surface area contributed by atoms with Crippen LogP contribution in [0.1, 0.15) is 30.6 Å². The average Bonchev–Trinajstić information content (AvgIpc) is 2.46. The molecule has 25 heavy (non-hydrogen) atoms. The third kappa shape index (κ3) is 9.28. The van der Waals surface area contributed by atoms with E-state index in [0.717, 1.165) is 19.2 Å². The van der Waals surface area contributed by atoms with Crippen LogP contribution in [0.5, 0.6) is 0 Å². The number of hydrogen-bond acceptors (Lipinski definition) is 5. The smallest absolute Gasteiger partial charge is 0.253 e. The SMILES string of the molecule is CCCNCCNC(=O)c1cc(NC(C)=O)ccc1NS(C)(=O)=O.Cl. The summed E-state index contributed by atoms with van der Waals surface area (Å²) in [6, 6.07) is 4.40. The molecular weight excluding hydrogens is 368 g/mol. The van der Waals surface area contributed by atoms with E-state index in [2.05, 4.69) is 20.7 Å². The predicted octanol–water partition coefficient (Wildman–Crippen LogP) is 1.17. The van der Waals surface area contributed by atoms with Crippen molar-refractivity contribution < 1.29 is 18.0 Å². The van der Waals surface area contributed by atoms with Crippen molar-refractivity contribution in [3.8, 4) is 0 Å². The molecule has 0 aliphatic carbocycles. The van der Waals surface area contributed by atoms with Gasteiger partial charge in [0.25, 0.3) is 5.91 Å². The normalized spacial score (nSPS) is 10.5. The molecule has 0 saturated carbocycles. The minimum Gasteiger partial charge on any atom is -0.351 e. The van der Waals surface area contributed by atoms with Gasteiger partial charge in [0.1, 0.15) is 0 Å². The predicted molar refractivity (Wildman–Crippen MR) is 102 cm³/mol. The second kappa shape index (κ2) is 10.9. The summed E-state index contributed by atoms with van der Waals surface area (Å²) in [5.74, 6) is -0.708. The van der Waals surface area contributed by atoms with Gasteiger partial charge in [-0.3, -0.25) is 14.3 Å². The molecule has 4 N–H and O–H groups in total. The molecule has 0 radical (unpaired) electrons. The van der Waals surface area contributed by atoms with E-state index in [-0.39, 0.29) is 29.6 Å². The van der Waals surface area contributed by atoms with E-state index in [1.165, 1.54) is 25.1 Å². The van der Waals surface area contributed by atoms with Crippen molar-refractivity contribution in [1.82, 2.24) is 10.6 Å². The number of nitrogens with one attached hydrogen (secondary N) is 4. The molecule has 8 nitrogen and oxygen atoms in total. The lowest BCUT2D eigenvalue weighted by molar-refractivity contribution is -0.114. The quantitative estimate of drug-likeness (QED) is 0.471. The van der Waals surface area contributed by atoms with Crippen molar-refractivity contribution in [2.24, 2.45) is 0 Å². The maximum atomic E-state index is 12.3. The number of sulfonamides is 1. The largest absolute Gasteiger partial charge is 0.351 e. The van der Waals surface area contributed by atoms with Gasteiger partial charge in [-0.15, -0.1) is 12.4 Å². The number of rotatable bonds is 9. The van der Waals surface area contributed by atoms with Crippen LogP contribution in [0.3, 0.4) is 0 Å². The van der Waals surface area contributed by atoms with Crippen molar-refractivity contribution in [2.75, 3.05) is 35.9 Å². The minimum atomic E-state index is -3.53. The van der Waals surface area contributed by atoms with Crippen LogP contribution in [0.15, 0.2) is 18.2 Å². The van der Waals surface area contributed by atoms with Crippen LogP contribution < -0.4 is 20.7 Å². The second-order valence-electron chi connectivity index (χ2n) is 5.32. The van der Waals surface area contributed by atoms with Gasteiger partial charge in [-0.25, -0.2) is 8.42 Å². The fourth-order valence-electron chi connectivity index (χ4n) is 1.96. The topological polar surface area (TPSA) is 116 Å². The first-order valence-corrected chi connectivity index (χ1v) is 9.50. The van der Waals surface area contributed by atoms with E-state index < -0.39 is 15.9 Å². The van der Waals surface area contributed by atoms with Crippen molar-refractivity contribution in [3.63, 3.8) is 0 Å². The van der Waals surface area contributed by atoms with Crippen LogP contribution in [0.25, 0.3) is 0 Å². The standard InChI is InChI=1S/C15H24N4O4S.ClH/c1-4-7-16-8-9-17-15(21)13-10-12(18-11(2)20)5-6-14(13)19-24(3,22)23;/h5-6,10,16,19H,4,7-9H2,1-3H3,(H,17,21)(H,18,20);1H. The van der Waals surface area contributed by atoms with Crippen molar-refractivity contribution in [1.29, 1.82) is 0 Å². The molecule has 0 aliphatic rings. The molecule has 1 aromatic carbocycles. The number of amides is 2. The zero-order valence-corrected chi connectivity index (χ0v) is 16.1. The van der Waals surface area contributed by atoms with Crippen molar-refractivity contribution in [3.05, 3.63) is 23.8 Å². The van der Waals surface area contributed by atoms with Crippen LogP contribution in [0.4, 0.5) is 11.4 Å². The molecule has 0 bridgehead atoms. The molecule has 1 aromatic rings. The molecular formula is C15H25ClN4O4S. The van der Waals surface area contributed by atoms with Gasteiger partial charge in [-0.2, -0.15) is 0 Å². The molecule has 0 unspecified atom stereocenters. The Morgan fingerprint density at radius 1 is 1.12 bits per heavy atom. The molecule has 0 atom stereocenters. The molecule has 1 rings (SSSR count). The van der Waals surface area contributed by atoms with E-state index >= 15 is 0 Å². The molecule has 0 aromatic heterocycles. The van der Waals surface area contributed by atoms with Gasteiger partial charge in [-0.05, 0) is 31.2 Å². The Kier molecular flexibility index (Phi) is 10.1. The first-order valence-electron chi connectivity index (χ1n) is 7.61. The summed E-state index contributed by atoms with van der Waals surface area (Å²) in [7, 11) is -3.53. The van der Waals surface area contributed by atoms with Crippen molar-refractivity contribution in [2.45, 2.75) is 20.3 Å². The molecule has 142 valence electrons. The zero-order valence-electron chi connectivity index (χ0n) is 14.5. The summed E-state index contributed by atoms with van der Waals surface area (Å²) in [6.45, 7) is 5.26. The Morgan fingerprint density at radius 3 is 2.36 bits per heavy atom.